The Morgan fingerprint density at radius 3 is 2.56 bits per heavy atom. The van der Waals surface area contributed by atoms with E-state index in [1.54, 1.807) is 0 Å². The summed E-state index contributed by atoms with van der Waals surface area (Å²) in [6, 6.07) is 12.6. The Labute approximate surface area is 105 Å². The lowest BCUT2D eigenvalue weighted by atomic mass is 10.0. The van der Waals surface area contributed by atoms with E-state index >= 15 is 0 Å². The van der Waals surface area contributed by atoms with Crippen LogP contribution >= 0.6 is 0 Å². The summed E-state index contributed by atoms with van der Waals surface area (Å²) in [5, 5.41) is 19.2. The van der Waals surface area contributed by atoms with Crippen molar-refractivity contribution in [2.24, 2.45) is 0 Å². The lowest BCUT2D eigenvalue weighted by molar-refractivity contribution is 0.249. The Balaban J connectivity index is 1.99. The molecular weight excluding hydrogens is 228 g/mol. The molecular formula is C15H12O3. The Hall–Kier alpha value is -2.42. The average molecular weight is 240 g/mol. The van der Waals surface area contributed by atoms with Crippen LogP contribution in [-0.4, -0.2) is 10.2 Å². The molecule has 1 aliphatic rings. The first-order valence-corrected chi connectivity index (χ1v) is 5.70. The second kappa shape index (κ2) is 4.11. The lowest BCUT2D eigenvalue weighted by Gasteiger charge is -2.22. The van der Waals surface area contributed by atoms with Crippen LogP contribution in [0.25, 0.3) is 6.08 Å². The predicted octanol–water partition coefficient (Wildman–Crippen LogP) is 3.24. The van der Waals surface area contributed by atoms with E-state index in [9.17, 15) is 10.2 Å². The summed E-state index contributed by atoms with van der Waals surface area (Å²) < 4.78 is 5.77. The van der Waals surface area contributed by atoms with E-state index in [1.807, 2.05) is 42.5 Å². The number of fused-ring (bicyclic) bond motifs is 1. The van der Waals surface area contributed by atoms with Gasteiger partial charge in [-0.3, -0.25) is 0 Å². The number of aromatic hydroxyl groups is 2. The van der Waals surface area contributed by atoms with Gasteiger partial charge in [-0.1, -0.05) is 30.3 Å². The Morgan fingerprint density at radius 2 is 1.78 bits per heavy atom. The largest absolute Gasteiger partial charge is 0.508 e. The van der Waals surface area contributed by atoms with Crippen LogP contribution in [0.4, 0.5) is 0 Å². The van der Waals surface area contributed by atoms with Gasteiger partial charge in [-0.15, -0.1) is 0 Å². The van der Waals surface area contributed by atoms with Gasteiger partial charge in [0.05, 0.1) is 5.56 Å². The molecule has 3 nitrogen and oxygen atoms in total. The molecule has 1 atom stereocenters. The first-order chi connectivity index (χ1) is 8.74. The number of phenols is 2. The van der Waals surface area contributed by atoms with Crippen molar-refractivity contribution in [3.63, 3.8) is 0 Å². The number of rotatable bonds is 1. The van der Waals surface area contributed by atoms with Gasteiger partial charge in [-0.05, 0) is 17.7 Å². The van der Waals surface area contributed by atoms with Crippen LogP contribution in [-0.2, 0) is 0 Å². The van der Waals surface area contributed by atoms with Gasteiger partial charge in [0.25, 0.3) is 0 Å². The minimum absolute atomic E-state index is 0.00615. The molecule has 2 aromatic carbocycles. The smallest absolute Gasteiger partial charge is 0.142 e. The molecule has 3 heteroatoms. The molecule has 1 heterocycles. The highest BCUT2D eigenvalue weighted by atomic mass is 16.5. The topological polar surface area (TPSA) is 49.7 Å². The van der Waals surface area contributed by atoms with Crippen molar-refractivity contribution in [1.29, 1.82) is 0 Å². The maximum Gasteiger partial charge on any atom is 0.142 e. The molecule has 0 aliphatic carbocycles. The van der Waals surface area contributed by atoms with Gasteiger partial charge in [0.15, 0.2) is 0 Å². The summed E-state index contributed by atoms with van der Waals surface area (Å²) in [5.41, 5.74) is 1.63. The van der Waals surface area contributed by atoms with Crippen LogP contribution in [0, 0.1) is 0 Å². The van der Waals surface area contributed by atoms with Crippen molar-refractivity contribution in [3.05, 3.63) is 59.7 Å². The van der Waals surface area contributed by atoms with E-state index in [0.717, 1.165) is 5.56 Å². The molecule has 0 aromatic heterocycles. The first kappa shape index (κ1) is 10.7. The third-order valence-electron chi connectivity index (χ3n) is 2.92. The molecule has 0 amide bonds. The number of ether oxygens (including phenoxy) is 1. The Morgan fingerprint density at radius 1 is 1.00 bits per heavy atom. The predicted molar refractivity (Wildman–Crippen MR) is 68.6 cm³/mol. The molecule has 0 saturated heterocycles. The van der Waals surface area contributed by atoms with Crippen LogP contribution in [0.5, 0.6) is 17.2 Å². The molecule has 0 fully saturated rings. The first-order valence-electron chi connectivity index (χ1n) is 5.70. The lowest BCUT2D eigenvalue weighted by Crippen LogP contribution is -2.08. The highest BCUT2D eigenvalue weighted by Crippen LogP contribution is 2.39. The van der Waals surface area contributed by atoms with Gasteiger partial charge in [-0.2, -0.15) is 0 Å². The molecule has 3 rings (SSSR count). The average Bonchev–Trinajstić information content (AvgIpc) is 2.39. The van der Waals surface area contributed by atoms with Crippen molar-refractivity contribution in [3.8, 4) is 17.2 Å². The minimum Gasteiger partial charge on any atom is -0.508 e. The van der Waals surface area contributed by atoms with E-state index in [2.05, 4.69) is 0 Å². The molecule has 2 N–H and O–H groups in total. The minimum atomic E-state index is -0.195. The number of phenolic OH excluding ortho intramolecular Hbond substituents is 2. The summed E-state index contributed by atoms with van der Waals surface area (Å²) in [7, 11) is 0. The zero-order chi connectivity index (χ0) is 12.5. The zero-order valence-corrected chi connectivity index (χ0v) is 9.58. The number of hydrogen-bond donors (Lipinski definition) is 2. The van der Waals surface area contributed by atoms with E-state index in [0.29, 0.717) is 11.3 Å². The van der Waals surface area contributed by atoms with Gasteiger partial charge >= 0.3 is 0 Å². The zero-order valence-electron chi connectivity index (χ0n) is 9.58. The van der Waals surface area contributed by atoms with Crippen molar-refractivity contribution in [2.75, 3.05) is 0 Å². The summed E-state index contributed by atoms with van der Waals surface area (Å²) in [5.74, 6) is 0.505. The normalized spacial score (nSPS) is 17.0. The van der Waals surface area contributed by atoms with Gasteiger partial charge < -0.3 is 14.9 Å². The fourth-order valence-corrected chi connectivity index (χ4v) is 2.04. The highest BCUT2D eigenvalue weighted by molar-refractivity contribution is 5.68. The summed E-state index contributed by atoms with van der Waals surface area (Å²) >= 11 is 0. The fourth-order valence-electron chi connectivity index (χ4n) is 2.04. The summed E-state index contributed by atoms with van der Waals surface area (Å²) in [6.45, 7) is 0. The van der Waals surface area contributed by atoms with E-state index in [-0.39, 0.29) is 17.6 Å². The molecule has 0 radical (unpaired) electrons. The monoisotopic (exact) mass is 240 g/mol. The molecule has 0 bridgehead atoms. The fraction of sp³-hybridized carbons (Fsp3) is 0.0667. The highest BCUT2D eigenvalue weighted by Gasteiger charge is 2.19. The maximum atomic E-state index is 9.70. The Kier molecular flexibility index (Phi) is 2.45. The number of benzene rings is 2. The molecule has 0 spiro atoms. The van der Waals surface area contributed by atoms with Crippen molar-refractivity contribution < 1.29 is 14.9 Å². The van der Waals surface area contributed by atoms with Crippen LogP contribution in [0.2, 0.25) is 0 Å². The quantitative estimate of drug-likeness (QED) is 0.804. The molecule has 1 unspecified atom stereocenters. The molecule has 0 saturated carbocycles. The summed E-state index contributed by atoms with van der Waals surface area (Å²) in [6.07, 6.45) is 3.50. The maximum absolute atomic E-state index is 9.70. The van der Waals surface area contributed by atoms with Crippen LogP contribution in [0.1, 0.15) is 17.2 Å². The van der Waals surface area contributed by atoms with Crippen LogP contribution in [0.15, 0.2) is 48.5 Å². The van der Waals surface area contributed by atoms with Crippen molar-refractivity contribution >= 4 is 6.08 Å². The van der Waals surface area contributed by atoms with Gasteiger partial charge in [-0.25, -0.2) is 0 Å². The van der Waals surface area contributed by atoms with Crippen molar-refractivity contribution in [1.82, 2.24) is 0 Å². The van der Waals surface area contributed by atoms with Crippen LogP contribution in [0.3, 0.4) is 0 Å². The van der Waals surface area contributed by atoms with E-state index in [4.69, 9.17) is 4.74 Å². The second-order valence-electron chi connectivity index (χ2n) is 4.18. The third kappa shape index (κ3) is 1.80. The SMILES string of the molecule is Oc1cc(O)c2c(c1)OC(c1ccccc1)C=C2. The standard InChI is InChI=1S/C15H12O3/c16-11-8-13(17)12-6-7-14(18-15(12)9-11)10-4-2-1-3-5-10/h1-9,14,16-17H. The second-order valence-corrected chi connectivity index (χ2v) is 4.18. The molecule has 2 aromatic rings. The molecule has 90 valence electrons. The van der Waals surface area contributed by atoms with Crippen molar-refractivity contribution in [2.45, 2.75) is 6.10 Å². The Bertz CT molecular complexity index is 603. The third-order valence-corrected chi connectivity index (χ3v) is 2.92. The van der Waals surface area contributed by atoms with Gasteiger partial charge in [0, 0.05) is 12.1 Å². The van der Waals surface area contributed by atoms with E-state index in [1.165, 1.54) is 12.1 Å². The molecule has 18 heavy (non-hydrogen) atoms. The van der Waals surface area contributed by atoms with Gasteiger partial charge in [0.1, 0.15) is 23.4 Å². The number of hydrogen-bond acceptors (Lipinski definition) is 3. The van der Waals surface area contributed by atoms with Crippen LogP contribution < -0.4 is 4.74 Å². The van der Waals surface area contributed by atoms with E-state index < -0.39 is 0 Å². The summed E-state index contributed by atoms with van der Waals surface area (Å²) in [4.78, 5) is 0. The van der Waals surface area contributed by atoms with Gasteiger partial charge in [0.2, 0.25) is 0 Å². The molecule has 1 aliphatic heterocycles.